The maximum Gasteiger partial charge on any atom is 0.135 e. The minimum atomic E-state index is -0.523. The number of benzene rings is 8. The second kappa shape index (κ2) is 19.0. The van der Waals surface area contributed by atoms with Gasteiger partial charge in [0.15, 0.2) is 0 Å². The van der Waals surface area contributed by atoms with E-state index < -0.39 is 48.3 Å². The van der Waals surface area contributed by atoms with Crippen LogP contribution in [0, 0.1) is 18.8 Å². The van der Waals surface area contributed by atoms with Crippen LogP contribution >= 0.6 is 0 Å². The van der Waals surface area contributed by atoms with Crippen LogP contribution < -0.4 is 14.5 Å². The molecule has 0 spiro atoms. The second-order valence-electron chi connectivity index (χ2n) is 24.2. The van der Waals surface area contributed by atoms with E-state index in [4.69, 9.17) is 15.2 Å². The van der Waals surface area contributed by atoms with Crippen LogP contribution in [-0.4, -0.2) is 14.1 Å². The molecule has 7 heteroatoms. The molecule has 0 N–H and O–H groups in total. The molecule has 0 saturated carbocycles. The van der Waals surface area contributed by atoms with Crippen molar-refractivity contribution in [2.45, 2.75) is 105 Å². The molecule has 1 aliphatic rings. The zero-order valence-electron chi connectivity index (χ0n) is 53.7. The predicted molar refractivity (Wildman–Crippen MR) is 319 cm³/mol. The number of para-hydroxylation sites is 5. The Morgan fingerprint density at radius 1 is 0.506 bits per heavy atom. The Morgan fingerprint density at radius 2 is 1.10 bits per heavy atom. The third-order valence-corrected chi connectivity index (χ3v) is 14.7. The molecule has 11 aromatic rings. The first-order valence-corrected chi connectivity index (χ1v) is 26.0. The van der Waals surface area contributed by atoms with Crippen molar-refractivity contribution in [3.8, 4) is 34.1 Å². The topological polar surface area (TPSA) is 38.5 Å². The van der Waals surface area contributed by atoms with E-state index in [1.807, 2.05) is 65.4 Å². The van der Waals surface area contributed by atoms with Crippen LogP contribution in [0.1, 0.15) is 116 Å². The van der Waals surface area contributed by atoms with Gasteiger partial charge in [-0.25, -0.2) is 4.98 Å². The Hall–Kier alpha value is -7.40. The molecule has 0 aliphatic carbocycles. The van der Waals surface area contributed by atoms with Gasteiger partial charge in [-0.3, -0.25) is 0 Å². The van der Waals surface area contributed by atoms with E-state index in [2.05, 4.69) is 172 Å². The standard InChI is InChI=1S/C70H66N5O.Pt/c1-67(2,3)46-34-32-45(33-35-46)56-43-71-65(42-57(56)70(10,11)12)75-60-29-18-15-26-55(60)66-63(74-58-27-16-13-24-53(58)54-25-14-17-28-59(54)74)40-52(41-64(66)75)76-51-23-21-22-49(39-51)72-44-73(62-31-20-19-30-61(62)72)50-37-47(68(4,5)6)36-48(38-50)69(7,8)9;/h13-38,40,42-44H,1-12H3;/q-3;/i13D,14D,16D,17D,24D,25D,27D,28D;. The SMILES string of the molecule is [2H]c1c([2H])c([2H])c2c(c1[2H])c1c([2H])c([2H])c([2H])c([2H])c1n2-c1cc(Oc2[c-]c(N3[CH-]N(c4cc(C(C)(C)C)cc(C(C)(C)C)c4)c4ccccc43)ccc2)[c-]c2c1c1ccccc1n2-c1cc(C(C)(C)C)c(-c2ccc(C(C)(C)C)cc2)cn1.[Pt]. The van der Waals surface area contributed by atoms with Crippen LogP contribution in [-0.2, 0) is 42.7 Å². The van der Waals surface area contributed by atoms with Gasteiger partial charge in [-0.15, -0.1) is 42.7 Å². The van der Waals surface area contributed by atoms with Gasteiger partial charge in [0.2, 0.25) is 0 Å². The Kier molecular flexibility index (Phi) is 10.5. The number of aromatic nitrogens is 3. The third-order valence-electron chi connectivity index (χ3n) is 14.7. The second-order valence-corrected chi connectivity index (χ2v) is 24.2. The summed E-state index contributed by atoms with van der Waals surface area (Å²) in [7, 11) is 0. The molecule has 0 atom stereocenters. The summed E-state index contributed by atoms with van der Waals surface area (Å²) in [4.78, 5) is 9.57. The minimum absolute atomic E-state index is 0. The largest absolute Gasteiger partial charge is 0.509 e. The van der Waals surface area contributed by atoms with Gasteiger partial charge < -0.3 is 23.7 Å². The molecule has 3 aromatic heterocycles. The molecule has 0 radical (unpaired) electrons. The van der Waals surface area contributed by atoms with Crippen molar-refractivity contribution >= 4 is 66.4 Å². The van der Waals surface area contributed by atoms with Crippen molar-refractivity contribution in [1.82, 2.24) is 14.1 Å². The van der Waals surface area contributed by atoms with E-state index >= 15 is 0 Å². The van der Waals surface area contributed by atoms with E-state index in [1.54, 1.807) is 10.6 Å². The summed E-state index contributed by atoms with van der Waals surface area (Å²) in [6.07, 6.45) is 1.92. The Morgan fingerprint density at radius 3 is 1.73 bits per heavy atom. The van der Waals surface area contributed by atoms with Gasteiger partial charge in [0.05, 0.1) is 22.0 Å². The van der Waals surface area contributed by atoms with Gasteiger partial charge in [0.1, 0.15) is 5.82 Å². The summed E-state index contributed by atoms with van der Waals surface area (Å²) in [6.45, 7) is 28.7. The number of rotatable bonds is 7. The number of fused-ring (bicyclic) bond motifs is 7. The van der Waals surface area contributed by atoms with Gasteiger partial charge >= 0.3 is 0 Å². The molecule has 8 aromatic carbocycles. The van der Waals surface area contributed by atoms with Gasteiger partial charge in [-0.05, 0) is 109 Å². The fourth-order valence-corrected chi connectivity index (χ4v) is 10.5. The van der Waals surface area contributed by atoms with Crippen molar-refractivity contribution in [3.63, 3.8) is 0 Å². The quantitative estimate of drug-likeness (QED) is 0.149. The normalized spacial score (nSPS) is 14.7. The number of nitrogens with zero attached hydrogens (tertiary/aromatic N) is 5. The molecule has 0 unspecified atom stereocenters. The maximum absolute atomic E-state index is 9.56. The number of hydrogen-bond donors (Lipinski definition) is 0. The molecular formula is C70H66N5OPt-3. The van der Waals surface area contributed by atoms with Gasteiger partial charge in [-0.2, -0.15) is 6.07 Å². The van der Waals surface area contributed by atoms with Gasteiger partial charge in [0.25, 0.3) is 0 Å². The van der Waals surface area contributed by atoms with Crippen LogP contribution in [0.3, 0.4) is 0 Å². The molecule has 1 aliphatic heterocycles. The molecule has 0 amide bonds. The maximum atomic E-state index is 9.56. The van der Waals surface area contributed by atoms with Gasteiger partial charge in [-0.1, -0.05) is 191 Å². The molecule has 4 heterocycles. The zero-order valence-corrected chi connectivity index (χ0v) is 47.9. The number of hydrogen-bond acceptors (Lipinski definition) is 4. The monoisotopic (exact) mass is 1200 g/mol. The molecule has 0 saturated heterocycles. The zero-order chi connectivity index (χ0) is 60.0. The fourth-order valence-electron chi connectivity index (χ4n) is 10.5. The molecule has 390 valence electrons. The van der Waals surface area contributed by atoms with Crippen molar-refractivity contribution < 1.29 is 36.8 Å². The van der Waals surface area contributed by atoms with Crippen LogP contribution in [0.5, 0.6) is 11.5 Å². The average molecular weight is 1200 g/mol. The smallest absolute Gasteiger partial charge is 0.135 e. The first kappa shape index (κ1) is 42.7. The Bertz CT molecular complexity index is 4430. The van der Waals surface area contributed by atoms with Crippen LogP contribution in [0.25, 0.3) is 66.2 Å². The average Bonchev–Trinajstić information content (AvgIpc) is 1.71. The van der Waals surface area contributed by atoms with Crippen molar-refractivity contribution in [2.24, 2.45) is 0 Å². The molecule has 6 nitrogen and oxygen atoms in total. The van der Waals surface area contributed by atoms with E-state index in [0.717, 1.165) is 44.7 Å². The summed E-state index contributed by atoms with van der Waals surface area (Å²) < 4.78 is 84.0. The summed E-state index contributed by atoms with van der Waals surface area (Å²) in [5.74, 6) is 1.11. The Labute approximate surface area is 480 Å². The predicted octanol–water partition coefficient (Wildman–Crippen LogP) is 18.9. The number of pyridine rings is 1. The molecule has 12 rings (SSSR count). The first-order chi connectivity index (χ1) is 39.5. The van der Waals surface area contributed by atoms with E-state index in [1.165, 1.54) is 16.7 Å². The van der Waals surface area contributed by atoms with Crippen molar-refractivity contribution in [2.75, 3.05) is 9.80 Å². The van der Waals surface area contributed by atoms with Crippen LogP contribution in [0.15, 0.2) is 176 Å². The van der Waals surface area contributed by atoms with E-state index in [9.17, 15) is 5.48 Å². The van der Waals surface area contributed by atoms with Crippen molar-refractivity contribution in [1.29, 1.82) is 0 Å². The summed E-state index contributed by atoms with van der Waals surface area (Å²) in [6, 6.07) is 44.6. The van der Waals surface area contributed by atoms with E-state index in [0.29, 0.717) is 33.8 Å². The van der Waals surface area contributed by atoms with Crippen LogP contribution in [0.4, 0.5) is 22.7 Å². The van der Waals surface area contributed by atoms with Crippen LogP contribution in [0.2, 0.25) is 0 Å². The molecular weight excluding hydrogens is 1120 g/mol. The van der Waals surface area contributed by atoms with Gasteiger partial charge in [0, 0.05) is 77.7 Å². The van der Waals surface area contributed by atoms with E-state index in [-0.39, 0.29) is 70.3 Å². The summed E-state index contributed by atoms with van der Waals surface area (Å²) in [5, 5.41) is 1.24. The summed E-state index contributed by atoms with van der Waals surface area (Å²) >= 11 is 0. The fraction of sp³-hybridized carbons (Fsp3) is 0.229. The molecule has 77 heavy (non-hydrogen) atoms. The third kappa shape index (κ3) is 9.23. The molecule has 0 bridgehead atoms. The van der Waals surface area contributed by atoms with Crippen molar-refractivity contribution in [3.05, 3.63) is 217 Å². The summed E-state index contributed by atoms with van der Waals surface area (Å²) in [5.41, 5.74) is 11.4. The molecule has 0 fully saturated rings. The number of anilines is 4. The first-order valence-electron chi connectivity index (χ1n) is 30.0. The number of ether oxygens (including phenoxy) is 1. The minimum Gasteiger partial charge on any atom is -0.509 e. The Balaban J connectivity index is 0.00000752.